The maximum atomic E-state index is 12.8. The quantitative estimate of drug-likeness (QED) is 0.804. The molecule has 0 aliphatic rings. The number of para-hydroxylation sites is 1. The normalized spacial score (nSPS) is 10.2. The molecule has 0 bridgehead atoms. The topological polar surface area (TPSA) is 55.1 Å². The molecule has 1 amide bonds. The predicted octanol–water partition coefficient (Wildman–Crippen LogP) is 3.02. The zero-order valence-electron chi connectivity index (χ0n) is 10.8. The molecule has 0 aliphatic carbocycles. The summed E-state index contributed by atoms with van der Waals surface area (Å²) in [4.78, 5) is 11.8. The number of amides is 1. The van der Waals surface area contributed by atoms with E-state index in [0.717, 1.165) is 16.1 Å². The fraction of sp³-hybridized carbons (Fsp3) is 0.133. The Morgan fingerprint density at radius 2 is 1.85 bits per heavy atom. The van der Waals surface area contributed by atoms with Gasteiger partial charge in [0.25, 0.3) is 0 Å². The van der Waals surface area contributed by atoms with Crippen LogP contribution in [0.4, 0.5) is 10.1 Å². The van der Waals surface area contributed by atoms with Crippen LogP contribution in [0.1, 0.15) is 5.56 Å². The Balaban J connectivity index is 2.01. The van der Waals surface area contributed by atoms with Crippen LogP contribution in [0.5, 0.6) is 0 Å². The summed E-state index contributed by atoms with van der Waals surface area (Å²) < 4.78 is 12.8. The first kappa shape index (κ1) is 14.4. The van der Waals surface area contributed by atoms with E-state index in [9.17, 15) is 9.18 Å². The minimum atomic E-state index is -0.344. The number of primary amides is 1. The average molecular weight is 290 g/mol. The smallest absolute Gasteiger partial charge is 0.227 e. The van der Waals surface area contributed by atoms with Crippen molar-refractivity contribution in [3.05, 3.63) is 59.9 Å². The Bertz CT molecular complexity index is 587. The molecule has 5 heteroatoms. The first-order valence-corrected chi connectivity index (χ1v) is 7.12. The number of halogens is 1. The van der Waals surface area contributed by atoms with Crippen LogP contribution in [-0.4, -0.2) is 11.7 Å². The zero-order valence-corrected chi connectivity index (χ0v) is 11.6. The van der Waals surface area contributed by atoms with Crippen LogP contribution in [0.15, 0.2) is 53.4 Å². The third-order valence-electron chi connectivity index (χ3n) is 2.65. The van der Waals surface area contributed by atoms with Gasteiger partial charge in [0, 0.05) is 17.1 Å². The molecule has 0 atom stereocenters. The van der Waals surface area contributed by atoms with Gasteiger partial charge in [0.05, 0.1) is 5.75 Å². The second-order valence-corrected chi connectivity index (χ2v) is 5.25. The van der Waals surface area contributed by atoms with Crippen LogP contribution < -0.4 is 11.1 Å². The molecule has 0 aromatic heterocycles. The van der Waals surface area contributed by atoms with E-state index in [0.29, 0.717) is 6.54 Å². The lowest BCUT2D eigenvalue weighted by molar-refractivity contribution is -0.115. The van der Waals surface area contributed by atoms with Crippen LogP contribution in [0.25, 0.3) is 0 Å². The molecule has 2 aromatic rings. The third-order valence-corrected chi connectivity index (χ3v) is 3.75. The maximum Gasteiger partial charge on any atom is 0.227 e. The number of carbonyl (C=O) groups is 1. The Labute approximate surface area is 121 Å². The van der Waals surface area contributed by atoms with Crippen molar-refractivity contribution in [1.29, 1.82) is 0 Å². The molecule has 104 valence electrons. The second kappa shape index (κ2) is 6.96. The SMILES string of the molecule is NC(=O)CSc1ccccc1NCc1ccc(F)cc1. The minimum Gasteiger partial charge on any atom is -0.380 e. The summed E-state index contributed by atoms with van der Waals surface area (Å²) in [6, 6.07) is 14.0. The fourth-order valence-electron chi connectivity index (χ4n) is 1.69. The Morgan fingerprint density at radius 3 is 2.55 bits per heavy atom. The van der Waals surface area contributed by atoms with Crippen molar-refractivity contribution in [3.63, 3.8) is 0 Å². The number of hydrogen-bond donors (Lipinski definition) is 2. The monoisotopic (exact) mass is 290 g/mol. The van der Waals surface area contributed by atoms with E-state index >= 15 is 0 Å². The highest BCUT2D eigenvalue weighted by Gasteiger charge is 2.04. The van der Waals surface area contributed by atoms with Gasteiger partial charge >= 0.3 is 0 Å². The van der Waals surface area contributed by atoms with Gasteiger partial charge in [-0.3, -0.25) is 4.79 Å². The highest BCUT2D eigenvalue weighted by molar-refractivity contribution is 8.00. The zero-order chi connectivity index (χ0) is 14.4. The number of anilines is 1. The lowest BCUT2D eigenvalue weighted by Gasteiger charge is -2.11. The molecule has 0 heterocycles. The predicted molar refractivity (Wildman–Crippen MR) is 80.1 cm³/mol. The molecule has 0 unspecified atom stereocenters. The van der Waals surface area contributed by atoms with E-state index in [1.54, 1.807) is 12.1 Å². The molecule has 3 N–H and O–H groups in total. The third kappa shape index (κ3) is 4.28. The summed E-state index contributed by atoms with van der Waals surface area (Å²) in [5, 5.41) is 3.28. The van der Waals surface area contributed by atoms with E-state index in [-0.39, 0.29) is 17.5 Å². The number of hydrogen-bond acceptors (Lipinski definition) is 3. The van der Waals surface area contributed by atoms with Gasteiger partial charge in [0.15, 0.2) is 0 Å². The summed E-state index contributed by atoms with van der Waals surface area (Å²) in [5.41, 5.74) is 7.07. The standard InChI is InChI=1S/C15H15FN2OS/c16-12-7-5-11(6-8-12)9-18-13-3-1-2-4-14(13)20-10-15(17)19/h1-8,18H,9-10H2,(H2,17,19). The van der Waals surface area contributed by atoms with Crippen LogP contribution >= 0.6 is 11.8 Å². The molecule has 0 spiro atoms. The van der Waals surface area contributed by atoms with Crippen molar-refractivity contribution in [2.24, 2.45) is 5.73 Å². The van der Waals surface area contributed by atoms with Crippen LogP contribution in [0, 0.1) is 5.82 Å². The second-order valence-electron chi connectivity index (χ2n) is 4.23. The van der Waals surface area contributed by atoms with Gasteiger partial charge in [-0.1, -0.05) is 24.3 Å². The van der Waals surface area contributed by atoms with E-state index < -0.39 is 0 Å². The highest BCUT2D eigenvalue weighted by Crippen LogP contribution is 2.27. The first-order valence-electron chi connectivity index (χ1n) is 6.13. The number of rotatable bonds is 6. The maximum absolute atomic E-state index is 12.8. The number of benzene rings is 2. The van der Waals surface area contributed by atoms with Crippen molar-refractivity contribution in [2.45, 2.75) is 11.4 Å². The van der Waals surface area contributed by atoms with Gasteiger partial charge in [-0.2, -0.15) is 0 Å². The Morgan fingerprint density at radius 1 is 1.15 bits per heavy atom. The van der Waals surface area contributed by atoms with Crippen molar-refractivity contribution in [1.82, 2.24) is 0 Å². The minimum absolute atomic E-state index is 0.244. The molecule has 0 saturated carbocycles. The molecule has 2 aromatic carbocycles. The molecule has 0 radical (unpaired) electrons. The van der Waals surface area contributed by atoms with E-state index in [1.807, 2.05) is 24.3 Å². The van der Waals surface area contributed by atoms with Crippen LogP contribution in [-0.2, 0) is 11.3 Å². The number of carbonyl (C=O) groups excluding carboxylic acids is 1. The molecular weight excluding hydrogens is 275 g/mol. The van der Waals surface area contributed by atoms with E-state index in [4.69, 9.17) is 5.73 Å². The Kier molecular flexibility index (Phi) is 5.01. The molecule has 2 rings (SSSR count). The van der Waals surface area contributed by atoms with Gasteiger partial charge in [-0.15, -0.1) is 11.8 Å². The van der Waals surface area contributed by atoms with Gasteiger partial charge in [-0.25, -0.2) is 4.39 Å². The summed E-state index contributed by atoms with van der Waals surface area (Å²) in [6.07, 6.45) is 0. The molecular formula is C15H15FN2OS. The average Bonchev–Trinajstić information content (AvgIpc) is 2.45. The van der Waals surface area contributed by atoms with Crippen molar-refractivity contribution in [2.75, 3.05) is 11.1 Å². The van der Waals surface area contributed by atoms with E-state index in [2.05, 4.69) is 5.32 Å². The number of nitrogens with two attached hydrogens (primary N) is 1. The summed E-state index contributed by atoms with van der Waals surface area (Å²) in [5.74, 6) is -0.343. The van der Waals surface area contributed by atoms with E-state index in [1.165, 1.54) is 23.9 Å². The van der Waals surface area contributed by atoms with Gasteiger partial charge in [-0.05, 0) is 29.8 Å². The molecule has 0 saturated heterocycles. The first-order chi connectivity index (χ1) is 9.65. The molecule has 3 nitrogen and oxygen atoms in total. The summed E-state index contributed by atoms with van der Waals surface area (Å²) >= 11 is 1.40. The van der Waals surface area contributed by atoms with Gasteiger partial charge < -0.3 is 11.1 Å². The lowest BCUT2D eigenvalue weighted by atomic mass is 10.2. The lowest BCUT2D eigenvalue weighted by Crippen LogP contribution is -2.13. The highest BCUT2D eigenvalue weighted by atomic mass is 32.2. The van der Waals surface area contributed by atoms with Crippen LogP contribution in [0.3, 0.4) is 0 Å². The fourth-order valence-corrected chi connectivity index (χ4v) is 2.46. The van der Waals surface area contributed by atoms with Crippen LogP contribution in [0.2, 0.25) is 0 Å². The molecule has 0 fully saturated rings. The summed E-state index contributed by atoms with van der Waals surface area (Å²) in [7, 11) is 0. The van der Waals surface area contributed by atoms with Crippen molar-refractivity contribution in [3.8, 4) is 0 Å². The van der Waals surface area contributed by atoms with Gasteiger partial charge in [0.1, 0.15) is 5.82 Å². The molecule has 0 aliphatic heterocycles. The Hall–Kier alpha value is -2.01. The number of nitrogens with one attached hydrogen (secondary N) is 1. The van der Waals surface area contributed by atoms with Crippen molar-refractivity contribution >= 4 is 23.4 Å². The summed E-state index contributed by atoms with van der Waals surface area (Å²) in [6.45, 7) is 0.592. The molecule has 20 heavy (non-hydrogen) atoms. The number of thioether (sulfide) groups is 1. The van der Waals surface area contributed by atoms with Gasteiger partial charge in [0.2, 0.25) is 5.91 Å². The largest absolute Gasteiger partial charge is 0.380 e. The van der Waals surface area contributed by atoms with Crippen molar-refractivity contribution < 1.29 is 9.18 Å².